The first-order chi connectivity index (χ1) is 9.91. The fourth-order valence-corrected chi connectivity index (χ4v) is 4.52. The fraction of sp³-hybridized carbons (Fsp3) is 0.533. The third-order valence-electron chi connectivity index (χ3n) is 5.21. The molecule has 6 heteroatoms. The van der Waals surface area contributed by atoms with E-state index in [4.69, 9.17) is 23.2 Å². The summed E-state index contributed by atoms with van der Waals surface area (Å²) in [6.45, 7) is 0.607. The van der Waals surface area contributed by atoms with Crippen molar-refractivity contribution in [3.8, 4) is 0 Å². The van der Waals surface area contributed by atoms with Gasteiger partial charge in [-0.2, -0.15) is 0 Å². The van der Waals surface area contributed by atoms with Gasteiger partial charge in [0.15, 0.2) is 0 Å². The van der Waals surface area contributed by atoms with Gasteiger partial charge in [-0.1, -0.05) is 23.2 Å². The van der Waals surface area contributed by atoms with E-state index in [1.807, 2.05) is 0 Å². The zero-order valence-corrected chi connectivity index (χ0v) is 13.4. The van der Waals surface area contributed by atoms with E-state index >= 15 is 0 Å². The van der Waals surface area contributed by atoms with Gasteiger partial charge in [-0.3, -0.25) is 10.1 Å². The van der Waals surface area contributed by atoms with Crippen LogP contribution in [0.3, 0.4) is 0 Å². The Balaban J connectivity index is 2.00. The Morgan fingerprint density at radius 3 is 2.48 bits per heavy atom. The molecule has 2 aliphatic heterocycles. The van der Waals surface area contributed by atoms with Gasteiger partial charge in [0.2, 0.25) is 0 Å². The molecule has 2 heterocycles. The number of quaternary nitrogens is 1. The van der Waals surface area contributed by atoms with Gasteiger partial charge in [0.05, 0.1) is 29.1 Å². The van der Waals surface area contributed by atoms with E-state index in [0.717, 1.165) is 17.3 Å². The third-order valence-corrected chi connectivity index (χ3v) is 5.77. The molecule has 0 saturated carbocycles. The summed E-state index contributed by atoms with van der Waals surface area (Å²) in [7, 11) is 2.21. The van der Waals surface area contributed by atoms with E-state index in [2.05, 4.69) is 13.5 Å². The van der Waals surface area contributed by atoms with Crippen molar-refractivity contribution in [3.63, 3.8) is 0 Å². The maximum atomic E-state index is 11.3. The summed E-state index contributed by atoms with van der Waals surface area (Å²) < 4.78 is 0.860. The molecule has 113 valence electrons. The molecule has 2 aliphatic rings. The topological polar surface area (TPSA) is 43.1 Å². The number of rotatable bonds is 3. The summed E-state index contributed by atoms with van der Waals surface area (Å²) in [4.78, 5) is 10.9. The molecule has 1 aromatic carbocycles. The molecule has 4 nitrogen and oxygen atoms in total. The zero-order chi connectivity index (χ0) is 15.2. The van der Waals surface area contributed by atoms with Crippen molar-refractivity contribution in [2.75, 3.05) is 7.05 Å². The van der Waals surface area contributed by atoms with Crippen LogP contribution in [0, 0.1) is 16.5 Å². The van der Waals surface area contributed by atoms with E-state index < -0.39 is 0 Å². The van der Waals surface area contributed by atoms with Crippen LogP contribution in [0.2, 0.25) is 10.0 Å². The number of nitrogens with zero attached hydrogens (tertiary/aromatic N) is 2. The van der Waals surface area contributed by atoms with Gasteiger partial charge in [-0.15, -0.1) is 0 Å². The number of halogens is 2. The van der Waals surface area contributed by atoms with Crippen LogP contribution >= 0.6 is 23.2 Å². The van der Waals surface area contributed by atoms with Crippen molar-refractivity contribution >= 4 is 28.9 Å². The summed E-state index contributed by atoms with van der Waals surface area (Å²) in [5.41, 5.74) is 0.660. The van der Waals surface area contributed by atoms with Gasteiger partial charge in [0.1, 0.15) is 12.1 Å². The summed E-state index contributed by atoms with van der Waals surface area (Å²) >= 11 is 12.2. The van der Waals surface area contributed by atoms with E-state index in [1.54, 1.807) is 6.07 Å². The second-order valence-electron chi connectivity index (χ2n) is 6.29. The molecule has 21 heavy (non-hydrogen) atoms. The smallest absolute Gasteiger partial charge is 0.281 e. The van der Waals surface area contributed by atoms with Crippen LogP contribution in [0.4, 0.5) is 5.69 Å². The van der Waals surface area contributed by atoms with Crippen molar-refractivity contribution in [2.24, 2.45) is 0 Å². The molecule has 2 unspecified atom stereocenters. The highest BCUT2D eigenvalue weighted by molar-refractivity contribution is 6.35. The number of nitro benzene ring substituents is 1. The van der Waals surface area contributed by atoms with Crippen LogP contribution < -0.4 is 0 Å². The number of hydrogen-bond acceptors (Lipinski definition) is 2. The Bertz CT molecular complexity index is 575. The highest BCUT2D eigenvalue weighted by Gasteiger charge is 2.49. The Morgan fingerprint density at radius 2 is 1.90 bits per heavy atom. The molecule has 0 amide bonds. The van der Waals surface area contributed by atoms with E-state index in [-0.39, 0.29) is 10.6 Å². The van der Waals surface area contributed by atoms with E-state index in [0.29, 0.717) is 34.2 Å². The minimum Gasteiger partial charge on any atom is -0.317 e. The fourth-order valence-electron chi connectivity index (χ4n) is 3.98. The quantitative estimate of drug-likeness (QED) is 0.469. The number of fused-ring (bicyclic) bond motifs is 2. The lowest BCUT2D eigenvalue weighted by Crippen LogP contribution is -2.55. The molecule has 1 radical (unpaired) electrons. The lowest BCUT2D eigenvalue weighted by atomic mass is 9.98. The molecular weight excluding hydrogens is 311 g/mol. The maximum absolute atomic E-state index is 11.3. The lowest BCUT2D eigenvalue weighted by molar-refractivity contribution is -0.959. The van der Waals surface area contributed by atoms with E-state index in [9.17, 15) is 10.1 Å². The number of piperidine rings is 1. The summed E-state index contributed by atoms with van der Waals surface area (Å²) in [6, 6.07) is 4.12. The van der Waals surface area contributed by atoms with Crippen LogP contribution in [0.1, 0.15) is 31.2 Å². The average Bonchev–Trinajstić information content (AvgIpc) is 2.62. The van der Waals surface area contributed by atoms with Crippen LogP contribution in [-0.2, 0) is 6.54 Å². The predicted octanol–water partition coefficient (Wildman–Crippen LogP) is 4.38. The highest BCUT2D eigenvalue weighted by atomic mass is 35.5. The minimum atomic E-state index is -0.378. The Hall–Kier alpha value is -0.840. The largest absolute Gasteiger partial charge is 0.317 e. The number of benzene rings is 1. The van der Waals surface area contributed by atoms with Crippen LogP contribution in [0.15, 0.2) is 12.1 Å². The van der Waals surface area contributed by atoms with Crippen molar-refractivity contribution in [2.45, 2.75) is 44.3 Å². The summed E-state index contributed by atoms with van der Waals surface area (Å²) in [5, 5.41) is 12.0. The maximum Gasteiger partial charge on any atom is 0.281 e. The first-order valence-corrected chi connectivity index (χ1v) is 7.96. The highest BCUT2D eigenvalue weighted by Crippen LogP contribution is 2.44. The number of hydrogen-bond donors (Lipinski definition) is 0. The molecule has 2 bridgehead atoms. The molecule has 2 saturated heterocycles. The first kappa shape index (κ1) is 15.1. The first-order valence-electron chi connectivity index (χ1n) is 7.20. The van der Waals surface area contributed by atoms with Crippen molar-refractivity contribution in [3.05, 3.63) is 44.3 Å². The van der Waals surface area contributed by atoms with Gasteiger partial charge in [-0.25, -0.2) is 0 Å². The second kappa shape index (κ2) is 5.41. The molecule has 1 aromatic rings. The van der Waals surface area contributed by atoms with Crippen molar-refractivity contribution < 1.29 is 9.41 Å². The van der Waals surface area contributed by atoms with Gasteiger partial charge in [0, 0.05) is 36.8 Å². The second-order valence-corrected chi connectivity index (χ2v) is 7.14. The Labute approximate surface area is 134 Å². The van der Waals surface area contributed by atoms with Crippen molar-refractivity contribution in [1.82, 2.24) is 0 Å². The molecule has 2 atom stereocenters. The normalized spacial score (nSPS) is 31.4. The molecule has 0 spiro atoms. The lowest BCUT2D eigenvalue weighted by Gasteiger charge is -2.44. The minimum absolute atomic E-state index is 0.0424. The molecular formula is C15H18Cl2N2O2+. The monoisotopic (exact) mass is 328 g/mol. The van der Waals surface area contributed by atoms with Crippen LogP contribution in [-0.4, -0.2) is 28.5 Å². The van der Waals surface area contributed by atoms with Crippen LogP contribution in [0.25, 0.3) is 0 Å². The molecule has 3 rings (SSSR count). The molecule has 0 aromatic heterocycles. The predicted molar refractivity (Wildman–Crippen MR) is 83.3 cm³/mol. The summed E-state index contributed by atoms with van der Waals surface area (Å²) in [6.07, 6.45) is 6.92. The standard InChI is InChI=1S/C15H18Cl2N2O2/c1-19(11-3-2-4-12(19)6-5-11)9-13-14(17)7-10(16)8-15(13)18(20)21/h2,7-8,11-12H,3-6,9H2,1H3/q+1. The molecule has 0 N–H and O–H groups in total. The molecule has 0 aliphatic carbocycles. The molecule has 2 fully saturated rings. The van der Waals surface area contributed by atoms with Gasteiger partial charge >= 0.3 is 0 Å². The Morgan fingerprint density at radius 1 is 1.29 bits per heavy atom. The number of nitro groups is 1. The Kier molecular flexibility index (Phi) is 3.89. The van der Waals surface area contributed by atoms with Crippen LogP contribution in [0.5, 0.6) is 0 Å². The third kappa shape index (κ3) is 2.54. The van der Waals surface area contributed by atoms with Gasteiger partial charge < -0.3 is 4.48 Å². The van der Waals surface area contributed by atoms with Gasteiger partial charge in [0.25, 0.3) is 5.69 Å². The average molecular weight is 329 g/mol. The zero-order valence-electron chi connectivity index (χ0n) is 11.9. The van der Waals surface area contributed by atoms with Gasteiger partial charge in [-0.05, 0) is 12.5 Å². The SMILES string of the molecule is C[N+]1(Cc2c(Cl)cc(Cl)cc2[N+](=O)[O-])C2C[CH]CC1CC2. The van der Waals surface area contributed by atoms with Crippen molar-refractivity contribution in [1.29, 1.82) is 0 Å². The summed E-state index contributed by atoms with van der Waals surface area (Å²) in [5.74, 6) is 0. The van der Waals surface area contributed by atoms with E-state index in [1.165, 1.54) is 18.9 Å².